The van der Waals surface area contributed by atoms with Crippen molar-refractivity contribution in [3.63, 3.8) is 0 Å². The van der Waals surface area contributed by atoms with E-state index in [1.54, 1.807) is 25.1 Å². The maximum absolute atomic E-state index is 13.2. The first-order valence-corrected chi connectivity index (χ1v) is 8.27. The van der Waals surface area contributed by atoms with E-state index in [2.05, 4.69) is 0 Å². The average molecular weight is 369 g/mol. The van der Waals surface area contributed by atoms with Gasteiger partial charge in [0.2, 0.25) is 0 Å². The summed E-state index contributed by atoms with van der Waals surface area (Å²) in [6, 6.07) is 9.10. The van der Waals surface area contributed by atoms with Crippen LogP contribution in [0.2, 0.25) is 0 Å². The molecule has 25 heavy (non-hydrogen) atoms. The van der Waals surface area contributed by atoms with Crippen LogP contribution < -0.4 is 4.74 Å². The zero-order valence-electron chi connectivity index (χ0n) is 13.5. The van der Waals surface area contributed by atoms with Crippen molar-refractivity contribution in [1.82, 2.24) is 0 Å². The van der Waals surface area contributed by atoms with Crippen LogP contribution in [0, 0.1) is 6.92 Å². The normalized spacial score (nSPS) is 14.4. The van der Waals surface area contributed by atoms with Gasteiger partial charge in [-0.3, -0.25) is 4.79 Å². The number of rotatable bonds is 5. The highest BCUT2D eigenvalue weighted by Crippen LogP contribution is 2.43. The molecule has 0 heterocycles. The van der Waals surface area contributed by atoms with Crippen LogP contribution in [0.3, 0.4) is 0 Å². The van der Waals surface area contributed by atoms with E-state index in [9.17, 15) is 18.0 Å². The predicted molar refractivity (Wildman–Crippen MR) is 89.1 cm³/mol. The molecule has 0 bridgehead atoms. The Hall–Kier alpha value is -2.01. The molecule has 0 spiro atoms. The molecule has 0 aliphatic heterocycles. The van der Waals surface area contributed by atoms with Crippen molar-refractivity contribution in [3.8, 4) is 5.75 Å². The quantitative estimate of drug-likeness (QED) is 0.619. The Bertz CT molecular complexity index is 811. The minimum atomic E-state index is -4.51. The van der Waals surface area contributed by atoms with Gasteiger partial charge < -0.3 is 4.74 Å². The number of aryl methyl sites for hydroxylation is 1. The maximum atomic E-state index is 13.2. The van der Waals surface area contributed by atoms with Crippen molar-refractivity contribution in [3.05, 3.63) is 64.2 Å². The van der Waals surface area contributed by atoms with Crippen molar-refractivity contribution in [2.24, 2.45) is 0 Å². The van der Waals surface area contributed by atoms with Crippen LogP contribution in [0.15, 0.2) is 36.4 Å². The fourth-order valence-corrected chi connectivity index (χ4v) is 3.04. The number of ether oxygens (including phenoxy) is 1. The van der Waals surface area contributed by atoms with E-state index >= 15 is 0 Å². The summed E-state index contributed by atoms with van der Waals surface area (Å²) in [5, 5.41) is -0.638. The molecule has 2 aromatic carbocycles. The molecule has 1 fully saturated rings. The molecule has 2 aromatic rings. The van der Waals surface area contributed by atoms with Crippen LogP contribution in [-0.4, -0.2) is 5.24 Å². The Balaban J connectivity index is 1.94. The monoisotopic (exact) mass is 368 g/mol. The van der Waals surface area contributed by atoms with Crippen molar-refractivity contribution in [2.75, 3.05) is 0 Å². The molecule has 2 nitrogen and oxygen atoms in total. The lowest BCUT2D eigenvalue weighted by molar-refractivity contribution is -0.139. The molecule has 0 unspecified atom stereocenters. The second-order valence-corrected chi connectivity index (χ2v) is 6.55. The van der Waals surface area contributed by atoms with Gasteiger partial charge in [-0.1, -0.05) is 23.8 Å². The zero-order chi connectivity index (χ0) is 18.2. The summed E-state index contributed by atoms with van der Waals surface area (Å²) >= 11 is 5.64. The fraction of sp³-hybridized carbons (Fsp3) is 0.316. The summed E-state index contributed by atoms with van der Waals surface area (Å²) < 4.78 is 45.2. The minimum Gasteiger partial charge on any atom is -0.488 e. The fourth-order valence-electron chi connectivity index (χ4n) is 2.87. The highest BCUT2D eigenvalue weighted by molar-refractivity contribution is 6.67. The summed E-state index contributed by atoms with van der Waals surface area (Å²) in [6.07, 6.45) is -2.53. The molecule has 0 N–H and O–H groups in total. The number of hydrogen-bond donors (Lipinski definition) is 0. The minimum absolute atomic E-state index is 0.132. The highest BCUT2D eigenvalue weighted by Gasteiger charge is 2.35. The molecular formula is C19H16ClF3O2. The molecule has 0 saturated heterocycles. The molecule has 3 rings (SSSR count). The lowest BCUT2D eigenvalue weighted by atomic mass is 9.98. The van der Waals surface area contributed by atoms with Crippen LogP contribution in [0.4, 0.5) is 13.2 Å². The van der Waals surface area contributed by atoms with Gasteiger partial charge in [-0.05, 0) is 61.0 Å². The molecule has 1 saturated carbocycles. The number of benzene rings is 2. The van der Waals surface area contributed by atoms with Gasteiger partial charge in [0, 0.05) is 11.1 Å². The Morgan fingerprint density at radius 1 is 1.24 bits per heavy atom. The molecule has 132 valence electrons. The third-order valence-electron chi connectivity index (χ3n) is 4.25. The van der Waals surface area contributed by atoms with E-state index in [1.807, 2.05) is 6.07 Å². The van der Waals surface area contributed by atoms with E-state index in [0.29, 0.717) is 17.0 Å². The first-order chi connectivity index (χ1) is 11.8. The van der Waals surface area contributed by atoms with Crippen molar-refractivity contribution < 1.29 is 22.7 Å². The molecule has 0 amide bonds. The SMILES string of the molecule is Cc1ccc(OCc2c(C(=O)Cl)cccc2C2CC2)c(C(F)(F)F)c1. The van der Waals surface area contributed by atoms with Gasteiger partial charge in [0.1, 0.15) is 12.4 Å². The van der Waals surface area contributed by atoms with Crippen LogP contribution in [-0.2, 0) is 12.8 Å². The summed E-state index contributed by atoms with van der Waals surface area (Å²) in [7, 11) is 0. The zero-order valence-corrected chi connectivity index (χ0v) is 14.2. The van der Waals surface area contributed by atoms with Crippen molar-refractivity contribution >= 4 is 16.8 Å². The third kappa shape index (κ3) is 3.98. The summed E-state index contributed by atoms with van der Waals surface area (Å²) in [4.78, 5) is 11.7. The van der Waals surface area contributed by atoms with E-state index < -0.39 is 17.0 Å². The van der Waals surface area contributed by atoms with Gasteiger partial charge in [-0.25, -0.2) is 0 Å². The first kappa shape index (κ1) is 17.8. The molecule has 0 aromatic heterocycles. The summed E-state index contributed by atoms with van der Waals surface area (Å²) in [5.74, 6) is 0.0614. The average Bonchev–Trinajstić information content (AvgIpc) is 3.37. The Kier molecular flexibility index (Phi) is 4.78. The van der Waals surface area contributed by atoms with Gasteiger partial charge in [-0.15, -0.1) is 0 Å². The van der Waals surface area contributed by atoms with E-state index in [-0.39, 0.29) is 17.9 Å². The Morgan fingerprint density at radius 3 is 2.56 bits per heavy atom. The number of halogens is 4. The lowest BCUT2D eigenvalue weighted by Crippen LogP contribution is -2.11. The largest absolute Gasteiger partial charge is 0.488 e. The van der Waals surface area contributed by atoms with Crippen molar-refractivity contribution in [1.29, 1.82) is 0 Å². The second kappa shape index (κ2) is 6.71. The second-order valence-electron chi connectivity index (χ2n) is 6.21. The highest BCUT2D eigenvalue weighted by atomic mass is 35.5. The van der Waals surface area contributed by atoms with Gasteiger partial charge in [0.25, 0.3) is 5.24 Å². The summed E-state index contributed by atoms with van der Waals surface area (Å²) in [5.41, 5.74) is 1.45. The van der Waals surface area contributed by atoms with Gasteiger partial charge in [-0.2, -0.15) is 13.2 Å². The van der Waals surface area contributed by atoms with E-state index in [0.717, 1.165) is 24.5 Å². The number of alkyl halides is 3. The lowest BCUT2D eigenvalue weighted by Gasteiger charge is -2.17. The van der Waals surface area contributed by atoms with E-state index in [1.165, 1.54) is 6.07 Å². The number of carbonyl (C=O) groups excluding carboxylic acids is 1. The van der Waals surface area contributed by atoms with Gasteiger partial charge in [0.15, 0.2) is 0 Å². The maximum Gasteiger partial charge on any atom is 0.419 e. The van der Waals surface area contributed by atoms with Crippen LogP contribution in [0.25, 0.3) is 0 Å². The molecular weight excluding hydrogens is 353 g/mol. The van der Waals surface area contributed by atoms with E-state index in [4.69, 9.17) is 16.3 Å². The van der Waals surface area contributed by atoms with Gasteiger partial charge >= 0.3 is 6.18 Å². The first-order valence-electron chi connectivity index (χ1n) is 7.89. The van der Waals surface area contributed by atoms with Gasteiger partial charge in [0.05, 0.1) is 5.56 Å². The number of carbonyl (C=O) groups is 1. The summed E-state index contributed by atoms with van der Waals surface area (Å²) in [6.45, 7) is 1.46. The van der Waals surface area contributed by atoms with Crippen LogP contribution in [0.5, 0.6) is 5.75 Å². The standard InChI is InChI=1S/C19H16ClF3O2/c1-11-5-8-17(16(9-11)19(21,22)23)25-10-15-13(12-6-7-12)3-2-4-14(15)18(20)24/h2-5,8-9,12H,6-7,10H2,1H3. The molecule has 0 atom stereocenters. The molecule has 0 radical (unpaired) electrons. The smallest absolute Gasteiger partial charge is 0.419 e. The van der Waals surface area contributed by atoms with Crippen LogP contribution in [0.1, 0.15) is 51.4 Å². The third-order valence-corrected chi connectivity index (χ3v) is 4.46. The Labute approximate surface area is 148 Å². The number of hydrogen-bond acceptors (Lipinski definition) is 2. The predicted octanol–water partition coefficient (Wildman–Crippen LogP) is 5.85. The van der Waals surface area contributed by atoms with Crippen molar-refractivity contribution in [2.45, 2.75) is 38.5 Å². The molecule has 6 heteroatoms. The topological polar surface area (TPSA) is 26.3 Å². The Morgan fingerprint density at radius 2 is 1.96 bits per heavy atom. The molecule has 1 aliphatic rings. The van der Waals surface area contributed by atoms with Crippen LogP contribution >= 0.6 is 11.6 Å². The molecule has 1 aliphatic carbocycles.